The largest absolute Gasteiger partial charge is 1.00 e. The van der Waals surface area contributed by atoms with Crippen LogP contribution < -0.4 is 29.6 Å². The predicted molar refractivity (Wildman–Crippen MR) is 23.3 cm³/mol. The molecule has 0 aliphatic heterocycles. The van der Waals surface area contributed by atoms with E-state index in [0.29, 0.717) is 0 Å². The Labute approximate surface area is 73.8 Å². The summed E-state index contributed by atoms with van der Waals surface area (Å²) in [5.41, 5.74) is 0. The smallest absolute Gasteiger partial charge is 0.487 e. The van der Waals surface area contributed by atoms with Gasteiger partial charge in [0, 0.05) is 6.54 Å². The van der Waals surface area contributed by atoms with Crippen molar-refractivity contribution in [3.63, 3.8) is 0 Å². The van der Waals surface area contributed by atoms with Crippen LogP contribution in [-0.2, 0) is 9.53 Å². The van der Waals surface area contributed by atoms with Crippen LogP contribution in [0.2, 0.25) is 0 Å². The van der Waals surface area contributed by atoms with Crippen LogP contribution in [-0.4, -0.2) is 18.0 Å². The van der Waals surface area contributed by atoms with Crippen molar-refractivity contribution in [1.29, 1.82) is 0 Å². The maximum absolute atomic E-state index is 9.90. The van der Waals surface area contributed by atoms with Crippen molar-refractivity contribution in [1.82, 2.24) is 0 Å². The molecule has 0 atom stereocenters. The van der Waals surface area contributed by atoms with Crippen LogP contribution in [0.1, 0.15) is 0 Å². The summed E-state index contributed by atoms with van der Waals surface area (Å²) >= 11 is 0. The van der Waals surface area contributed by atoms with Crippen molar-refractivity contribution in [3.05, 3.63) is 16.7 Å². The van der Waals surface area contributed by atoms with Crippen LogP contribution in [0.25, 0.3) is 0 Å². The van der Waals surface area contributed by atoms with Crippen molar-refractivity contribution < 1.29 is 44.0 Å². The molecule has 0 heterocycles. The van der Waals surface area contributed by atoms with Gasteiger partial charge in [-0.2, -0.15) is 0 Å². The fourth-order valence-corrected chi connectivity index (χ4v) is 0.139. The molecule has 0 unspecified atom stereocenters. The van der Waals surface area contributed by atoms with Gasteiger partial charge in [-0.25, -0.2) is 0 Å². The molecule has 0 aliphatic rings. The summed E-state index contributed by atoms with van der Waals surface area (Å²) in [6, 6.07) is 0. The Kier molecular flexibility index (Phi) is 7.52. The van der Waals surface area contributed by atoms with Crippen LogP contribution in [0.15, 0.2) is 0 Å². The van der Waals surface area contributed by atoms with Crippen LogP contribution in [0, 0.1) is 16.7 Å². The van der Waals surface area contributed by atoms with Crippen molar-refractivity contribution >= 4 is 5.97 Å². The number of hydrogen-bond acceptors (Lipinski definition) is 4. The number of nitrogens with zero attached hydrogens (tertiary/aromatic N) is 1. The molecule has 0 aromatic heterocycles. The Bertz CT molecular complexity index is 114. The second-order valence-electron chi connectivity index (χ2n) is 0.938. The fourth-order valence-electron chi connectivity index (χ4n) is 0.139. The van der Waals surface area contributed by atoms with Gasteiger partial charge in [0.05, 0.1) is 7.11 Å². The Morgan fingerprint density at radius 1 is 1.78 bits per heavy atom. The molecule has 0 bridgehead atoms. The third kappa shape index (κ3) is 7.74. The van der Waals surface area contributed by atoms with E-state index in [1.807, 2.05) is 0 Å². The number of methoxy groups -OCH3 is 1. The molecule has 0 aliphatic carbocycles. The Morgan fingerprint density at radius 3 is 2.33 bits per heavy atom. The van der Waals surface area contributed by atoms with Crippen LogP contribution >= 0.6 is 0 Å². The Morgan fingerprint density at radius 2 is 2.22 bits per heavy atom. The van der Waals surface area contributed by atoms with Gasteiger partial charge in [0.25, 0.3) is 0 Å². The first-order chi connectivity index (χ1) is 3.66. The second kappa shape index (κ2) is 5.87. The number of ether oxygens (including phenoxy) is 1. The average Bonchev–Trinajstić information content (AvgIpc) is 1.65. The van der Waals surface area contributed by atoms with E-state index in [1.165, 1.54) is 0 Å². The van der Waals surface area contributed by atoms with Gasteiger partial charge >= 0.3 is 29.6 Å². The molecule has 0 saturated heterocycles. The summed E-state index contributed by atoms with van der Waals surface area (Å²) in [7, 11) is 1.07. The molecule has 0 N–H and O–H groups in total. The van der Waals surface area contributed by atoms with Gasteiger partial charge in [0.2, 0.25) is 5.97 Å². The molecule has 0 radical (unpaired) electrons. The predicted octanol–water partition coefficient (Wildman–Crippen LogP) is -3.40. The minimum atomic E-state index is -0.949. The van der Waals surface area contributed by atoms with E-state index in [0.717, 1.165) is 7.11 Å². The van der Waals surface area contributed by atoms with Crippen molar-refractivity contribution in [2.75, 3.05) is 7.11 Å². The molecule has 0 saturated carbocycles. The van der Waals surface area contributed by atoms with Crippen molar-refractivity contribution in [3.8, 4) is 0 Å². The number of hydrogen-bond donors (Lipinski definition) is 0. The molecule has 0 rings (SSSR count). The van der Waals surface area contributed by atoms with Crippen LogP contribution in [0.4, 0.5) is 0 Å². The fraction of sp³-hybridized carbons (Fsp3) is 0.333. The van der Waals surface area contributed by atoms with E-state index in [9.17, 15) is 14.9 Å². The summed E-state index contributed by atoms with van der Waals surface area (Å²) < 4.78 is 3.92. The molecule has 0 amide bonds. The van der Waals surface area contributed by atoms with E-state index in [1.54, 1.807) is 0 Å². The van der Waals surface area contributed by atoms with Gasteiger partial charge in [-0.05, 0) is 0 Å². The second-order valence-corrected chi connectivity index (χ2v) is 0.938. The first-order valence-corrected chi connectivity index (χ1v) is 1.73. The van der Waals surface area contributed by atoms with Gasteiger partial charge in [0.15, 0.2) is 0 Å². The molecule has 0 aromatic carbocycles. The van der Waals surface area contributed by atoms with E-state index < -0.39 is 10.9 Å². The first-order valence-electron chi connectivity index (χ1n) is 1.73. The van der Waals surface area contributed by atoms with E-state index >= 15 is 0 Å². The maximum atomic E-state index is 9.90. The van der Waals surface area contributed by atoms with E-state index in [-0.39, 0.29) is 36.1 Å². The maximum Gasteiger partial charge on any atom is 1.00 e. The first kappa shape index (κ1) is 11.5. The van der Waals surface area contributed by atoms with Gasteiger partial charge in [0.1, 0.15) is 0 Å². The van der Waals surface area contributed by atoms with Crippen molar-refractivity contribution in [2.24, 2.45) is 0 Å². The number of carbonyl (C=O) groups excluding carboxylic acids is 1. The normalized spacial score (nSPS) is 6.78. The molecule has 9 heavy (non-hydrogen) atoms. The third-order valence-corrected chi connectivity index (χ3v) is 0.412. The van der Waals surface area contributed by atoms with E-state index in [2.05, 4.69) is 4.74 Å². The molecule has 5 nitrogen and oxygen atoms in total. The molecule has 46 valence electrons. The minimum absolute atomic E-state index is 0. The number of carbonyl (C=O) groups is 1. The Balaban J connectivity index is 0. The number of esters is 1. The Hall–Kier alpha value is -0.260. The number of rotatable bonds is 2. The molecule has 6 heteroatoms. The van der Waals surface area contributed by atoms with Crippen LogP contribution in [0.3, 0.4) is 0 Å². The average molecular weight is 141 g/mol. The summed E-state index contributed by atoms with van der Waals surface area (Å²) in [4.78, 5) is 18.5. The van der Waals surface area contributed by atoms with E-state index in [4.69, 9.17) is 0 Å². The molecule has 0 aromatic rings. The zero-order chi connectivity index (χ0) is 6.57. The number of nitro groups is 1. The van der Waals surface area contributed by atoms with Gasteiger partial charge in [-0.3, -0.25) is 14.9 Å². The summed E-state index contributed by atoms with van der Waals surface area (Å²) in [5.74, 6) is -0.949. The van der Waals surface area contributed by atoms with Crippen LogP contribution in [0.5, 0.6) is 0 Å². The SMILES string of the molecule is COC(=O)[CH-][N+](=O)[O-].[Na+]. The molecule has 0 spiro atoms. The zero-order valence-corrected chi connectivity index (χ0v) is 7.16. The van der Waals surface area contributed by atoms with Gasteiger partial charge in [-0.15, -0.1) is 4.92 Å². The topological polar surface area (TPSA) is 69.4 Å². The van der Waals surface area contributed by atoms with Gasteiger partial charge < -0.3 is 4.74 Å². The standard InChI is InChI=1S/C3H4NO4.Na/c1-8-3(5)2-4(6)7;/h2H,1H3;/q-1;+1. The van der Waals surface area contributed by atoms with Crippen molar-refractivity contribution in [2.45, 2.75) is 0 Å². The van der Waals surface area contributed by atoms with Gasteiger partial charge in [-0.1, -0.05) is 0 Å². The monoisotopic (exact) mass is 141 g/mol. The zero-order valence-electron chi connectivity index (χ0n) is 5.16. The molecular weight excluding hydrogens is 137 g/mol. The summed E-state index contributed by atoms with van der Waals surface area (Å²) in [5, 5.41) is 9.42. The molecular formula is C3H4NNaO4. The third-order valence-electron chi connectivity index (χ3n) is 0.412. The summed E-state index contributed by atoms with van der Waals surface area (Å²) in [6.07, 6.45) is 0. The minimum Gasteiger partial charge on any atom is -0.487 e. The quantitative estimate of drug-likeness (QED) is 0.132. The summed E-state index contributed by atoms with van der Waals surface area (Å²) in [6.45, 7) is 0.250. The molecule has 0 fully saturated rings.